The summed E-state index contributed by atoms with van der Waals surface area (Å²) < 4.78 is 0. The number of Topliss-reactive ketones (excluding diaryl/α,β-unsaturated/α-hetero) is 1. The van der Waals surface area contributed by atoms with Crippen molar-refractivity contribution in [2.24, 2.45) is 9.98 Å². The van der Waals surface area contributed by atoms with E-state index >= 15 is 0 Å². The van der Waals surface area contributed by atoms with Crippen LogP contribution in [0.2, 0.25) is 0 Å². The highest BCUT2D eigenvalue weighted by atomic mass is 32.1. The van der Waals surface area contributed by atoms with Gasteiger partial charge in [0, 0.05) is 39.0 Å². The number of carbonyl (C=O) groups excluding carboxylic acids is 1. The summed E-state index contributed by atoms with van der Waals surface area (Å²) in [6.07, 6.45) is 8.57. The van der Waals surface area contributed by atoms with Gasteiger partial charge in [0.2, 0.25) is 0 Å². The average molecular weight is 384 g/mol. The van der Waals surface area contributed by atoms with Crippen molar-refractivity contribution < 1.29 is 4.79 Å². The summed E-state index contributed by atoms with van der Waals surface area (Å²) in [7, 11) is 3.98. The highest BCUT2D eigenvalue weighted by molar-refractivity contribution is 7.21. The number of aliphatic imine (C=N–C) groups is 2. The molecule has 0 radical (unpaired) electrons. The van der Waals surface area contributed by atoms with Crippen molar-refractivity contribution in [1.29, 1.82) is 0 Å². The van der Waals surface area contributed by atoms with Crippen molar-refractivity contribution in [2.45, 2.75) is 33.1 Å². The second-order valence-corrected chi connectivity index (χ2v) is 7.74. The molecule has 3 heterocycles. The van der Waals surface area contributed by atoms with Gasteiger partial charge in [0.05, 0.1) is 28.0 Å². The van der Waals surface area contributed by atoms with Crippen LogP contribution in [-0.4, -0.2) is 44.0 Å². The number of ketones is 1. The molecule has 3 rings (SSSR count). The second-order valence-electron chi connectivity index (χ2n) is 6.74. The van der Waals surface area contributed by atoms with Crippen LogP contribution in [0.5, 0.6) is 0 Å². The number of carbonyl (C=O) groups is 1. The van der Waals surface area contributed by atoms with Gasteiger partial charge in [-0.05, 0) is 38.5 Å². The van der Waals surface area contributed by atoms with Crippen molar-refractivity contribution in [3.63, 3.8) is 0 Å². The number of aryl methyl sites for hydroxylation is 1. The van der Waals surface area contributed by atoms with Crippen molar-refractivity contribution in [2.75, 3.05) is 25.5 Å². The zero-order valence-corrected chi connectivity index (χ0v) is 17.1. The highest BCUT2D eigenvalue weighted by Crippen LogP contribution is 2.42. The second kappa shape index (κ2) is 8.43. The topological polar surface area (TPSA) is 70.0 Å². The van der Waals surface area contributed by atoms with E-state index in [0.29, 0.717) is 10.6 Å². The van der Waals surface area contributed by atoms with Gasteiger partial charge in [-0.25, -0.2) is 9.98 Å². The Hall–Kier alpha value is -2.54. The predicted octanol–water partition coefficient (Wildman–Crippen LogP) is 4.26. The molecule has 0 aromatic carbocycles. The maximum absolute atomic E-state index is 12.2. The molecule has 1 aliphatic heterocycles. The summed E-state index contributed by atoms with van der Waals surface area (Å²) in [6.45, 7) is 4.37. The zero-order valence-electron chi connectivity index (χ0n) is 16.2. The van der Waals surface area contributed by atoms with Gasteiger partial charge >= 0.3 is 0 Å². The molecule has 0 saturated carbocycles. The molecule has 0 bridgehead atoms. The maximum atomic E-state index is 12.2. The van der Waals surface area contributed by atoms with Crippen LogP contribution in [0.3, 0.4) is 0 Å². The minimum Gasteiger partial charge on any atom is -0.377 e. The van der Waals surface area contributed by atoms with Crippen LogP contribution < -0.4 is 10.2 Å². The van der Waals surface area contributed by atoms with E-state index in [1.54, 1.807) is 13.3 Å². The minimum atomic E-state index is 0.00823. The summed E-state index contributed by atoms with van der Waals surface area (Å²) >= 11 is 1.41. The Morgan fingerprint density at radius 1 is 1.37 bits per heavy atom. The smallest absolute Gasteiger partial charge is 0.172 e. The zero-order chi connectivity index (χ0) is 19.4. The van der Waals surface area contributed by atoms with E-state index in [1.807, 2.05) is 38.2 Å². The van der Waals surface area contributed by atoms with Gasteiger partial charge in [0.1, 0.15) is 4.83 Å². The number of nitrogens with zero attached hydrogens (tertiary/aromatic N) is 4. The van der Waals surface area contributed by atoms with Gasteiger partial charge in [-0.1, -0.05) is 6.08 Å². The number of anilines is 1. The van der Waals surface area contributed by atoms with Crippen LogP contribution in [-0.2, 0) is 0 Å². The molecule has 2 aromatic rings. The lowest BCUT2D eigenvalue weighted by atomic mass is 10.2. The first-order valence-electron chi connectivity index (χ1n) is 9.06. The van der Waals surface area contributed by atoms with Gasteiger partial charge < -0.3 is 10.2 Å². The number of nitrogens with one attached hydrogen (secondary N) is 1. The third kappa shape index (κ3) is 4.42. The molecular weight excluding hydrogens is 358 g/mol. The van der Waals surface area contributed by atoms with Gasteiger partial charge in [-0.15, -0.1) is 11.3 Å². The average Bonchev–Trinajstić information content (AvgIpc) is 2.94. The first-order chi connectivity index (χ1) is 13.0. The SMILES string of the molecule is CC(=O)c1sc2nc(C)cc(N(C)C)c2c1N=CN/C1=C/CCN=CCC1. The number of hydrogen-bond donors (Lipinski definition) is 1. The van der Waals surface area contributed by atoms with E-state index in [9.17, 15) is 4.79 Å². The summed E-state index contributed by atoms with van der Waals surface area (Å²) in [5.74, 6) is 0.00823. The molecule has 0 atom stereocenters. The normalized spacial score (nSPS) is 16.8. The molecule has 2 aromatic heterocycles. The summed E-state index contributed by atoms with van der Waals surface area (Å²) in [5.41, 5.74) is 3.78. The number of thiophene rings is 1. The van der Waals surface area contributed by atoms with Crippen molar-refractivity contribution >= 4 is 51.3 Å². The van der Waals surface area contributed by atoms with E-state index < -0.39 is 0 Å². The molecule has 6 nitrogen and oxygen atoms in total. The van der Waals surface area contributed by atoms with Crippen LogP contribution >= 0.6 is 11.3 Å². The van der Waals surface area contributed by atoms with Crippen molar-refractivity contribution in [3.05, 3.63) is 28.4 Å². The maximum Gasteiger partial charge on any atom is 0.172 e. The molecule has 1 N–H and O–H groups in total. The predicted molar refractivity (Wildman–Crippen MR) is 115 cm³/mol. The fourth-order valence-electron chi connectivity index (χ4n) is 3.03. The Morgan fingerprint density at radius 3 is 2.93 bits per heavy atom. The lowest BCUT2D eigenvalue weighted by Crippen LogP contribution is -2.12. The molecule has 0 spiro atoms. The van der Waals surface area contributed by atoms with E-state index in [1.165, 1.54) is 11.3 Å². The van der Waals surface area contributed by atoms with E-state index in [2.05, 4.69) is 26.4 Å². The van der Waals surface area contributed by atoms with Gasteiger partial charge in [0.15, 0.2) is 5.78 Å². The highest BCUT2D eigenvalue weighted by Gasteiger charge is 2.20. The van der Waals surface area contributed by atoms with Crippen LogP contribution in [0.25, 0.3) is 10.2 Å². The Bertz CT molecular complexity index is 939. The monoisotopic (exact) mass is 383 g/mol. The molecule has 142 valence electrons. The first kappa shape index (κ1) is 19.2. The minimum absolute atomic E-state index is 0.00823. The quantitative estimate of drug-likeness (QED) is 0.476. The van der Waals surface area contributed by atoms with Crippen LogP contribution in [0, 0.1) is 6.92 Å². The number of hydrogen-bond acceptors (Lipinski definition) is 6. The standard InChI is InChI=1S/C20H25N5OS/c1-13-11-16(25(3)4)17-18(19(14(2)26)27-20(17)24-13)23-12-22-15-7-5-9-21-10-6-8-15/h7,10-12H,5-6,8-9H2,1-4H3,(H,22,23)/b15-7+,21-10?. The molecule has 7 heteroatoms. The summed E-state index contributed by atoms with van der Waals surface area (Å²) in [6, 6.07) is 2.03. The van der Waals surface area contributed by atoms with Crippen molar-refractivity contribution in [3.8, 4) is 0 Å². The van der Waals surface area contributed by atoms with Crippen LogP contribution in [0.4, 0.5) is 11.4 Å². The fourth-order valence-corrected chi connectivity index (χ4v) is 4.11. The number of allylic oxidation sites excluding steroid dienone is 1. The molecule has 0 unspecified atom stereocenters. The molecule has 0 fully saturated rings. The number of rotatable bonds is 5. The third-order valence-corrected chi connectivity index (χ3v) is 5.48. The van der Waals surface area contributed by atoms with Gasteiger partial charge in [-0.2, -0.15) is 0 Å². The Balaban J connectivity index is 1.99. The van der Waals surface area contributed by atoms with Gasteiger partial charge in [0.25, 0.3) is 0 Å². The largest absolute Gasteiger partial charge is 0.377 e. The lowest BCUT2D eigenvalue weighted by molar-refractivity contribution is 0.102. The fraction of sp³-hybridized carbons (Fsp3) is 0.400. The molecular formula is C20H25N5OS. The van der Waals surface area contributed by atoms with Crippen LogP contribution in [0.1, 0.15) is 41.6 Å². The molecule has 0 saturated heterocycles. The van der Waals surface area contributed by atoms with Crippen LogP contribution in [0.15, 0.2) is 27.8 Å². The Labute approximate surface area is 163 Å². The van der Waals surface area contributed by atoms with Crippen molar-refractivity contribution in [1.82, 2.24) is 10.3 Å². The third-order valence-electron chi connectivity index (χ3n) is 4.31. The molecule has 1 aliphatic rings. The molecule has 0 aliphatic carbocycles. The molecule has 0 amide bonds. The van der Waals surface area contributed by atoms with E-state index in [0.717, 1.165) is 53.1 Å². The lowest BCUT2D eigenvalue weighted by Gasteiger charge is -2.15. The number of pyridine rings is 1. The first-order valence-corrected chi connectivity index (χ1v) is 9.88. The number of aromatic nitrogens is 1. The van der Waals surface area contributed by atoms with Gasteiger partial charge in [-0.3, -0.25) is 9.79 Å². The van der Waals surface area contributed by atoms with E-state index in [4.69, 9.17) is 0 Å². The molecule has 27 heavy (non-hydrogen) atoms. The summed E-state index contributed by atoms with van der Waals surface area (Å²) in [4.78, 5) is 29.3. The Kier molecular flexibility index (Phi) is 6.01. The summed E-state index contributed by atoms with van der Waals surface area (Å²) in [5, 5.41) is 4.21. The van der Waals surface area contributed by atoms with E-state index in [-0.39, 0.29) is 5.78 Å². The number of fused-ring (bicyclic) bond motifs is 1. The Morgan fingerprint density at radius 2 is 2.19 bits per heavy atom.